The van der Waals surface area contributed by atoms with Crippen LogP contribution in [-0.4, -0.2) is 108 Å². The van der Waals surface area contributed by atoms with Gasteiger partial charge in [-0.25, -0.2) is 4.79 Å². The van der Waals surface area contributed by atoms with E-state index in [0.29, 0.717) is 24.3 Å². The first-order valence-electron chi connectivity index (χ1n) is 16.6. The van der Waals surface area contributed by atoms with E-state index in [9.17, 15) is 9.59 Å². The van der Waals surface area contributed by atoms with Gasteiger partial charge in [-0.1, -0.05) is 6.92 Å². The van der Waals surface area contributed by atoms with E-state index in [-0.39, 0.29) is 70.7 Å². The fourth-order valence-corrected chi connectivity index (χ4v) is 12.4. The van der Waals surface area contributed by atoms with Gasteiger partial charge in [0.1, 0.15) is 17.5 Å². The Labute approximate surface area is 266 Å². The van der Waals surface area contributed by atoms with Crippen molar-refractivity contribution in [2.75, 3.05) is 55.2 Å². The third-order valence-corrected chi connectivity index (χ3v) is 13.2. The van der Waals surface area contributed by atoms with E-state index in [1.54, 1.807) is 45.6 Å². The van der Waals surface area contributed by atoms with Crippen molar-refractivity contribution in [3.8, 4) is 5.75 Å². The van der Waals surface area contributed by atoms with Crippen molar-refractivity contribution in [3.05, 3.63) is 29.8 Å². The Morgan fingerprint density at radius 1 is 0.978 bits per heavy atom. The third-order valence-electron chi connectivity index (χ3n) is 13.2. The molecule has 1 unspecified atom stereocenters. The number of nitrogens with zero attached hydrogens (tertiary/aromatic N) is 1. The highest BCUT2D eigenvalue weighted by molar-refractivity contribution is 5.90. The van der Waals surface area contributed by atoms with Gasteiger partial charge in [-0.2, -0.15) is 0 Å². The molecule has 5 saturated carbocycles. The SMILES string of the molecule is CCN1C[C@]2(COC)CC[C@H](OC)[C@]34C1[C@H]([C@H](OC)[C@H]23)[C@@]1(OC(=O)c2ccc(OC)cc2)C[C@H](OC)[C@H]2C[C@@H]4[C@@H]1[C@H]2OC(C)=O. The fourth-order valence-electron chi connectivity index (χ4n) is 12.4. The Morgan fingerprint density at radius 2 is 1.73 bits per heavy atom. The summed E-state index contributed by atoms with van der Waals surface area (Å²) in [4.78, 5) is 29.7. The molecule has 6 fully saturated rings. The maximum Gasteiger partial charge on any atom is 0.338 e. The van der Waals surface area contributed by atoms with E-state index in [4.69, 9.17) is 33.2 Å². The van der Waals surface area contributed by atoms with Crippen LogP contribution >= 0.6 is 0 Å². The Hall–Kier alpha value is -2.24. The predicted molar refractivity (Wildman–Crippen MR) is 163 cm³/mol. The molecular formula is C35H49NO9. The molecule has 5 aliphatic carbocycles. The van der Waals surface area contributed by atoms with Crippen LogP contribution in [0.3, 0.4) is 0 Å². The van der Waals surface area contributed by atoms with E-state index in [1.807, 2.05) is 14.2 Å². The van der Waals surface area contributed by atoms with Gasteiger partial charge in [0.15, 0.2) is 0 Å². The number of hydrogen-bond acceptors (Lipinski definition) is 10. The number of methoxy groups -OCH3 is 5. The molecular weight excluding hydrogens is 578 g/mol. The van der Waals surface area contributed by atoms with E-state index < -0.39 is 17.7 Å². The minimum absolute atomic E-state index is 0.0107. The predicted octanol–water partition coefficient (Wildman–Crippen LogP) is 3.60. The van der Waals surface area contributed by atoms with E-state index in [1.165, 1.54) is 6.92 Å². The van der Waals surface area contributed by atoms with Crippen LogP contribution in [-0.2, 0) is 33.2 Å². The number of likely N-dealkylation sites (tertiary alicyclic amines) is 1. The maximum atomic E-state index is 14.3. The number of hydrogen-bond donors (Lipinski definition) is 0. The maximum absolute atomic E-state index is 14.3. The van der Waals surface area contributed by atoms with Crippen molar-refractivity contribution in [3.63, 3.8) is 0 Å². The van der Waals surface area contributed by atoms with E-state index in [0.717, 1.165) is 32.4 Å². The highest BCUT2D eigenvalue weighted by atomic mass is 16.6. The van der Waals surface area contributed by atoms with Gasteiger partial charge in [-0.15, -0.1) is 0 Å². The molecule has 248 valence electrons. The minimum atomic E-state index is -1.00. The van der Waals surface area contributed by atoms with Crippen LogP contribution in [0.15, 0.2) is 24.3 Å². The second-order valence-corrected chi connectivity index (χ2v) is 14.4. The summed E-state index contributed by atoms with van der Waals surface area (Å²) in [6.45, 7) is 6.07. The molecule has 13 atom stereocenters. The molecule has 10 nitrogen and oxygen atoms in total. The molecule has 10 heteroatoms. The highest BCUT2D eigenvalue weighted by Crippen LogP contribution is 2.80. The molecule has 0 amide bonds. The second kappa shape index (κ2) is 11.2. The standard InChI is InChI=1S/C35H49NO9/c1-8-36-17-33(18-39-3)14-13-25(42-6)35-23-15-22-24(41-5)16-34(26(23)28(22)44-19(2)37,27(31(35)36)29(43-7)30(33)35)45-32(38)20-9-11-21(40-4)12-10-20/h9-12,22-31H,8,13-18H2,1-7H3/t22-,23-,24+,25+,26-,27+,28+,29+,30-,31?,33+,34-,35+/m1/s1. The number of piperidine rings is 1. The summed E-state index contributed by atoms with van der Waals surface area (Å²) in [6, 6.07) is 7.10. The van der Waals surface area contributed by atoms with Gasteiger partial charge in [0.05, 0.1) is 37.6 Å². The third kappa shape index (κ3) is 3.98. The van der Waals surface area contributed by atoms with Crippen LogP contribution in [0, 0.1) is 40.4 Å². The lowest BCUT2D eigenvalue weighted by Gasteiger charge is -2.69. The molecule has 0 aromatic heterocycles. The first kappa shape index (κ1) is 31.4. The molecule has 1 saturated heterocycles. The van der Waals surface area contributed by atoms with Gasteiger partial charge in [-0.05, 0) is 56.0 Å². The zero-order valence-corrected chi connectivity index (χ0v) is 27.7. The molecule has 0 radical (unpaired) electrons. The molecule has 1 aromatic carbocycles. The summed E-state index contributed by atoms with van der Waals surface area (Å²) in [7, 11) is 8.78. The molecule has 0 N–H and O–H groups in total. The Bertz CT molecular complexity index is 1310. The van der Waals surface area contributed by atoms with Gasteiger partial charge in [0.25, 0.3) is 0 Å². The smallest absolute Gasteiger partial charge is 0.338 e. The monoisotopic (exact) mass is 627 g/mol. The Balaban J connectivity index is 1.47. The molecule has 45 heavy (non-hydrogen) atoms. The molecule has 1 heterocycles. The first-order valence-corrected chi connectivity index (χ1v) is 16.6. The number of benzene rings is 1. The Kier molecular flexibility index (Phi) is 7.80. The van der Waals surface area contributed by atoms with Crippen molar-refractivity contribution >= 4 is 11.9 Å². The molecule has 7 bridgehead atoms. The summed E-state index contributed by atoms with van der Waals surface area (Å²) < 4.78 is 44.2. The molecule has 1 aliphatic heterocycles. The van der Waals surface area contributed by atoms with Crippen molar-refractivity contribution in [1.82, 2.24) is 4.90 Å². The van der Waals surface area contributed by atoms with Crippen LogP contribution in [0.5, 0.6) is 5.75 Å². The van der Waals surface area contributed by atoms with Gasteiger partial charge in [-0.3, -0.25) is 9.69 Å². The Morgan fingerprint density at radius 3 is 2.33 bits per heavy atom. The number of carbonyl (C=O) groups is 2. The van der Waals surface area contributed by atoms with Gasteiger partial charge < -0.3 is 33.2 Å². The van der Waals surface area contributed by atoms with Gasteiger partial charge in [0.2, 0.25) is 0 Å². The fraction of sp³-hybridized carbons (Fsp3) is 0.771. The summed E-state index contributed by atoms with van der Waals surface area (Å²) in [6.07, 6.45) is 2.27. The topological polar surface area (TPSA) is 102 Å². The number of ether oxygens (including phenoxy) is 7. The zero-order chi connectivity index (χ0) is 31.9. The minimum Gasteiger partial charge on any atom is -0.497 e. The van der Waals surface area contributed by atoms with E-state index in [2.05, 4.69) is 11.8 Å². The van der Waals surface area contributed by atoms with E-state index >= 15 is 0 Å². The lowest BCUT2D eigenvalue weighted by atomic mass is 9.43. The summed E-state index contributed by atoms with van der Waals surface area (Å²) in [5.41, 5.74) is -1.01. The van der Waals surface area contributed by atoms with Crippen LogP contribution in [0.2, 0.25) is 0 Å². The summed E-state index contributed by atoms with van der Waals surface area (Å²) >= 11 is 0. The van der Waals surface area contributed by atoms with Crippen LogP contribution < -0.4 is 4.74 Å². The van der Waals surface area contributed by atoms with Crippen molar-refractivity contribution in [2.45, 2.75) is 75.6 Å². The normalized spacial score (nSPS) is 45.7. The first-order chi connectivity index (χ1) is 21.7. The number of esters is 2. The van der Waals surface area contributed by atoms with Crippen LogP contribution in [0.25, 0.3) is 0 Å². The van der Waals surface area contributed by atoms with Crippen molar-refractivity contribution in [1.29, 1.82) is 0 Å². The average molecular weight is 628 g/mol. The van der Waals surface area contributed by atoms with Gasteiger partial charge >= 0.3 is 11.9 Å². The largest absolute Gasteiger partial charge is 0.497 e. The average Bonchev–Trinajstić information content (AvgIpc) is 3.46. The van der Waals surface area contributed by atoms with Crippen molar-refractivity contribution < 1.29 is 42.7 Å². The molecule has 1 spiro atoms. The van der Waals surface area contributed by atoms with Crippen LogP contribution in [0.4, 0.5) is 0 Å². The van der Waals surface area contributed by atoms with Gasteiger partial charge in [0, 0.05) is 88.9 Å². The lowest BCUT2D eigenvalue weighted by Crippen LogP contribution is -2.77. The molecule has 1 aromatic rings. The highest BCUT2D eigenvalue weighted by Gasteiger charge is 2.88. The number of fused-ring (bicyclic) bond motifs is 2. The number of carbonyl (C=O) groups excluding carboxylic acids is 2. The van der Waals surface area contributed by atoms with Crippen LogP contribution in [0.1, 0.15) is 49.9 Å². The quantitative estimate of drug-likeness (QED) is 0.358. The van der Waals surface area contributed by atoms with Crippen molar-refractivity contribution in [2.24, 2.45) is 40.4 Å². The lowest BCUT2D eigenvalue weighted by molar-refractivity contribution is -0.276. The summed E-state index contributed by atoms with van der Waals surface area (Å²) in [5.74, 6) is -0.313. The zero-order valence-electron chi connectivity index (χ0n) is 27.7. The molecule has 6 aliphatic rings. The second-order valence-electron chi connectivity index (χ2n) is 14.4. The summed E-state index contributed by atoms with van der Waals surface area (Å²) in [5, 5.41) is 0. The number of rotatable bonds is 10. The molecule has 7 rings (SSSR count).